The zero-order valence-electron chi connectivity index (χ0n) is 20.3. The molecular formula is C31H28N2O4. The summed E-state index contributed by atoms with van der Waals surface area (Å²) in [6.45, 7) is 0.882. The molecule has 37 heavy (non-hydrogen) atoms. The molecule has 0 unspecified atom stereocenters. The second-order valence-corrected chi connectivity index (χ2v) is 8.76. The smallest absolute Gasteiger partial charge is 0.326 e. The summed E-state index contributed by atoms with van der Waals surface area (Å²) >= 11 is 0. The molecular weight excluding hydrogens is 464 g/mol. The predicted molar refractivity (Wildman–Crippen MR) is 142 cm³/mol. The summed E-state index contributed by atoms with van der Waals surface area (Å²) in [6, 6.07) is 33.9. The summed E-state index contributed by atoms with van der Waals surface area (Å²) in [6.07, 6.45) is 0.173. The third kappa shape index (κ3) is 7.15. The average molecular weight is 493 g/mol. The number of nitrogens with zero attached hydrogens (tertiary/aromatic N) is 1. The van der Waals surface area contributed by atoms with Crippen LogP contribution in [0.2, 0.25) is 0 Å². The van der Waals surface area contributed by atoms with Gasteiger partial charge < -0.3 is 15.3 Å². The summed E-state index contributed by atoms with van der Waals surface area (Å²) in [5.41, 5.74) is 3.57. The average Bonchev–Trinajstić information content (AvgIpc) is 2.93. The monoisotopic (exact) mass is 492 g/mol. The Hall–Kier alpha value is -4.71. The van der Waals surface area contributed by atoms with Crippen molar-refractivity contribution in [1.29, 1.82) is 0 Å². The first-order chi connectivity index (χ1) is 18.0. The van der Waals surface area contributed by atoms with Gasteiger partial charge in [-0.2, -0.15) is 0 Å². The fourth-order valence-electron chi connectivity index (χ4n) is 4.05. The highest BCUT2D eigenvalue weighted by molar-refractivity contribution is 5.99. The first-order valence-corrected chi connectivity index (χ1v) is 12.0. The second-order valence-electron chi connectivity index (χ2n) is 8.76. The Bertz CT molecular complexity index is 1280. The molecule has 186 valence electrons. The lowest BCUT2D eigenvalue weighted by molar-refractivity contribution is -0.139. The van der Waals surface area contributed by atoms with Gasteiger partial charge in [0, 0.05) is 30.6 Å². The van der Waals surface area contributed by atoms with E-state index in [0.717, 1.165) is 16.7 Å². The van der Waals surface area contributed by atoms with Gasteiger partial charge in [0.2, 0.25) is 0 Å². The molecule has 4 rings (SSSR count). The number of hydrogen-bond acceptors (Lipinski definition) is 3. The Kier molecular flexibility index (Phi) is 8.45. The number of carbonyl (C=O) groups is 3. The first kappa shape index (κ1) is 25.4. The first-order valence-electron chi connectivity index (χ1n) is 12.0. The van der Waals surface area contributed by atoms with Gasteiger partial charge in [0.05, 0.1) is 0 Å². The minimum absolute atomic E-state index is 0.160. The Morgan fingerprint density at radius 3 is 1.51 bits per heavy atom. The molecule has 1 atom stereocenters. The molecule has 0 fully saturated rings. The minimum Gasteiger partial charge on any atom is -0.480 e. The summed E-state index contributed by atoms with van der Waals surface area (Å²) in [7, 11) is 0. The zero-order chi connectivity index (χ0) is 26.0. The lowest BCUT2D eigenvalue weighted by atomic mass is 10.0. The fourth-order valence-corrected chi connectivity index (χ4v) is 4.05. The number of nitrogens with one attached hydrogen (secondary N) is 1. The molecule has 0 aromatic heterocycles. The summed E-state index contributed by atoms with van der Waals surface area (Å²) in [4.78, 5) is 39.7. The second kappa shape index (κ2) is 12.3. The SMILES string of the molecule is O=C(N[C@H](Cc1ccccc1)C(=O)O)c1ccc(C(=O)N(Cc2ccccc2)Cc2ccccc2)cc1. The highest BCUT2D eigenvalue weighted by atomic mass is 16.4. The van der Waals surface area contributed by atoms with Crippen LogP contribution < -0.4 is 5.32 Å². The number of amides is 2. The van der Waals surface area contributed by atoms with E-state index in [0.29, 0.717) is 18.7 Å². The Labute approximate surface area is 216 Å². The van der Waals surface area contributed by atoms with Gasteiger partial charge in [0.15, 0.2) is 0 Å². The van der Waals surface area contributed by atoms with E-state index in [9.17, 15) is 19.5 Å². The maximum absolute atomic E-state index is 13.5. The molecule has 4 aromatic carbocycles. The summed E-state index contributed by atoms with van der Waals surface area (Å²) < 4.78 is 0. The molecule has 0 aliphatic rings. The van der Waals surface area contributed by atoms with Crippen molar-refractivity contribution < 1.29 is 19.5 Å². The van der Waals surface area contributed by atoms with E-state index in [1.54, 1.807) is 29.2 Å². The quantitative estimate of drug-likeness (QED) is 0.328. The van der Waals surface area contributed by atoms with Crippen LogP contribution in [-0.4, -0.2) is 33.8 Å². The molecule has 6 nitrogen and oxygen atoms in total. The van der Waals surface area contributed by atoms with Crippen molar-refractivity contribution in [3.05, 3.63) is 143 Å². The van der Waals surface area contributed by atoms with Crippen LogP contribution in [0, 0.1) is 0 Å². The molecule has 2 amide bonds. The van der Waals surface area contributed by atoms with Crippen molar-refractivity contribution in [2.75, 3.05) is 0 Å². The van der Waals surface area contributed by atoms with Crippen LogP contribution in [0.15, 0.2) is 115 Å². The summed E-state index contributed by atoms with van der Waals surface area (Å²) in [5, 5.41) is 12.2. The highest BCUT2D eigenvalue weighted by Crippen LogP contribution is 2.16. The van der Waals surface area contributed by atoms with E-state index in [1.165, 1.54) is 0 Å². The van der Waals surface area contributed by atoms with Crippen molar-refractivity contribution in [2.45, 2.75) is 25.6 Å². The van der Waals surface area contributed by atoms with E-state index in [2.05, 4.69) is 5.32 Å². The molecule has 0 spiro atoms. The number of carboxylic acids is 1. The molecule has 4 aromatic rings. The Balaban J connectivity index is 1.47. The molecule has 0 bridgehead atoms. The van der Waals surface area contributed by atoms with Crippen molar-refractivity contribution in [3.63, 3.8) is 0 Å². The topological polar surface area (TPSA) is 86.7 Å². The van der Waals surface area contributed by atoms with Crippen molar-refractivity contribution >= 4 is 17.8 Å². The number of benzene rings is 4. The van der Waals surface area contributed by atoms with Crippen LogP contribution in [0.4, 0.5) is 0 Å². The van der Waals surface area contributed by atoms with Gasteiger partial charge in [-0.1, -0.05) is 91.0 Å². The zero-order valence-corrected chi connectivity index (χ0v) is 20.3. The number of aliphatic carboxylic acids is 1. The van der Waals surface area contributed by atoms with E-state index >= 15 is 0 Å². The number of rotatable bonds is 10. The fraction of sp³-hybridized carbons (Fsp3) is 0.129. The number of hydrogen-bond donors (Lipinski definition) is 2. The van der Waals surface area contributed by atoms with Gasteiger partial charge >= 0.3 is 5.97 Å². The molecule has 2 N–H and O–H groups in total. The normalized spacial score (nSPS) is 11.4. The van der Waals surface area contributed by atoms with E-state index in [1.807, 2.05) is 91.0 Å². The number of carboxylic acid groups (broad SMARTS) is 1. The largest absolute Gasteiger partial charge is 0.480 e. The molecule has 0 radical (unpaired) electrons. The van der Waals surface area contributed by atoms with Crippen LogP contribution in [0.25, 0.3) is 0 Å². The minimum atomic E-state index is -1.11. The molecule has 0 saturated carbocycles. The van der Waals surface area contributed by atoms with Crippen LogP contribution in [-0.2, 0) is 24.3 Å². The number of carbonyl (C=O) groups excluding carboxylic acids is 2. The summed E-state index contributed by atoms with van der Waals surface area (Å²) in [5.74, 6) is -1.78. The maximum Gasteiger partial charge on any atom is 0.326 e. The van der Waals surface area contributed by atoms with E-state index in [-0.39, 0.29) is 17.9 Å². The van der Waals surface area contributed by atoms with Crippen molar-refractivity contribution in [3.8, 4) is 0 Å². The van der Waals surface area contributed by atoms with Gasteiger partial charge in [-0.15, -0.1) is 0 Å². The van der Waals surface area contributed by atoms with Crippen molar-refractivity contribution in [2.24, 2.45) is 0 Å². The van der Waals surface area contributed by atoms with Crippen LogP contribution in [0.5, 0.6) is 0 Å². The van der Waals surface area contributed by atoms with Gasteiger partial charge in [-0.3, -0.25) is 9.59 Å². The van der Waals surface area contributed by atoms with E-state index < -0.39 is 17.9 Å². The third-order valence-corrected chi connectivity index (χ3v) is 6.00. The molecule has 0 heterocycles. The van der Waals surface area contributed by atoms with Crippen LogP contribution in [0.1, 0.15) is 37.4 Å². The van der Waals surface area contributed by atoms with Gasteiger partial charge in [-0.05, 0) is 41.0 Å². The van der Waals surface area contributed by atoms with Gasteiger partial charge in [0.1, 0.15) is 6.04 Å². The standard InChI is InChI=1S/C31H28N2O4/c34-29(32-28(31(36)37)20-23-10-4-1-5-11-23)26-16-18-27(19-17-26)30(35)33(21-24-12-6-2-7-13-24)22-25-14-8-3-9-15-25/h1-19,28H,20-22H2,(H,32,34)(H,36,37)/t28-/m1/s1. The Morgan fingerprint density at radius 2 is 1.05 bits per heavy atom. The van der Waals surface area contributed by atoms with Crippen LogP contribution >= 0.6 is 0 Å². The molecule has 6 heteroatoms. The van der Waals surface area contributed by atoms with Gasteiger partial charge in [-0.25, -0.2) is 4.79 Å². The Morgan fingerprint density at radius 1 is 0.622 bits per heavy atom. The van der Waals surface area contributed by atoms with Crippen LogP contribution in [0.3, 0.4) is 0 Å². The molecule has 0 saturated heterocycles. The third-order valence-electron chi connectivity index (χ3n) is 6.00. The molecule has 0 aliphatic heterocycles. The van der Waals surface area contributed by atoms with Crippen molar-refractivity contribution in [1.82, 2.24) is 10.2 Å². The lowest BCUT2D eigenvalue weighted by Gasteiger charge is -2.23. The lowest BCUT2D eigenvalue weighted by Crippen LogP contribution is -2.42. The highest BCUT2D eigenvalue weighted by Gasteiger charge is 2.22. The predicted octanol–water partition coefficient (Wildman–Crippen LogP) is 4.95. The van der Waals surface area contributed by atoms with Gasteiger partial charge in [0.25, 0.3) is 11.8 Å². The maximum atomic E-state index is 13.5. The molecule has 0 aliphatic carbocycles. The van der Waals surface area contributed by atoms with E-state index in [4.69, 9.17) is 0 Å².